The number of Topliss-reactive ketones (excluding diaryl/α,β-unsaturated/α-hetero) is 1. The number of carbonyl (C=O) groups excluding carboxylic acids is 1. The van der Waals surface area contributed by atoms with Gasteiger partial charge in [-0.2, -0.15) is 0 Å². The van der Waals surface area contributed by atoms with Crippen molar-refractivity contribution >= 4 is 5.78 Å². The van der Waals surface area contributed by atoms with E-state index in [1.807, 2.05) is 60.7 Å². The molecule has 178 valence electrons. The minimum absolute atomic E-state index is 0.0461. The van der Waals surface area contributed by atoms with Crippen molar-refractivity contribution in [2.45, 2.75) is 45.0 Å². The molecule has 0 aliphatic carbocycles. The molecule has 0 bridgehead atoms. The molecule has 1 N–H and O–H groups in total. The number of ketones is 1. The number of carbonyl (C=O) groups is 1. The van der Waals surface area contributed by atoms with Crippen LogP contribution < -0.4 is 11.2 Å². The Balaban J connectivity index is 1.58. The summed E-state index contributed by atoms with van der Waals surface area (Å²) in [5, 5.41) is 0. The highest BCUT2D eigenvalue weighted by Crippen LogP contribution is 2.39. The molecule has 1 aliphatic heterocycles. The van der Waals surface area contributed by atoms with Crippen LogP contribution in [0.15, 0.2) is 82.5 Å². The molecule has 1 fully saturated rings. The van der Waals surface area contributed by atoms with Crippen LogP contribution in [0.5, 0.6) is 0 Å². The lowest BCUT2D eigenvalue weighted by Gasteiger charge is -2.24. The first-order valence-corrected chi connectivity index (χ1v) is 11.2. The van der Waals surface area contributed by atoms with Crippen LogP contribution in [0.3, 0.4) is 0 Å². The molecule has 1 aliphatic rings. The van der Waals surface area contributed by atoms with E-state index < -0.39 is 35.6 Å². The Hall–Kier alpha value is -3.33. The van der Waals surface area contributed by atoms with E-state index in [4.69, 9.17) is 14.2 Å². The van der Waals surface area contributed by atoms with Gasteiger partial charge in [0.1, 0.15) is 18.1 Å². The summed E-state index contributed by atoms with van der Waals surface area (Å²) in [4.78, 5) is 38.5. The molecule has 4 atom stereocenters. The molecule has 34 heavy (non-hydrogen) atoms. The highest BCUT2D eigenvalue weighted by Gasteiger charge is 2.47. The summed E-state index contributed by atoms with van der Waals surface area (Å²) in [5.41, 5.74) is 0.911. The molecule has 0 amide bonds. The number of hydrogen-bond acceptors (Lipinski definition) is 6. The van der Waals surface area contributed by atoms with Crippen molar-refractivity contribution in [1.82, 2.24) is 9.55 Å². The fraction of sp³-hybridized carbons (Fsp3) is 0.346. The van der Waals surface area contributed by atoms with Crippen molar-refractivity contribution in [3.05, 3.63) is 105 Å². The Bertz CT molecular complexity index is 1190. The minimum Gasteiger partial charge on any atom is -0.374 e. The van der Waals surface area contributed by atoms with Gasteiger partial charge in [-0.15, -0.1) is 0 Å². The minimum atomic E-state index is -0.778. The fourth-order valence-corrected chi connectivity index (χ4v) is 4.24. The highest BCUT2D eigenvalue weighted by molar-refractivity contribution is 5.75. The average Bonchev–Trinajstić information content (AvgIpc) is 3.15. The topological polar surface area (TPSA) is 99.6 Å². The fourth-order valence-electron chi connectivity index (χ4n) is 4.24. The first-order valence-electron chi connectivity index (χ1n) is 11.2. The molecule has 0 spiro atoms. The Labute approximate surface area is 197 Å². The number of nitrogens with zero attached hydrogens (tertiary/aromatic N) is 1. The SMILES string of the molecule is CC(=O)C[C@H]1[C@@H](OCc2ccccc2)[C@@H](COCc2ccccc2)O[C@@H]1n1ccc(=O)[nH]c1=O. The van der Waals surface area contributed by atoms with Crippen LogP contribution in [0.25, 0.3) is 0 Å². The molecular formula is C26H28N2O6. The molecule has 0 unspecified atom stereocenters. The van der Waals surface area contributed by atoms with Gasteiger partial charge in [0.05, 0.1) is 25.9 Å². The summed E-state index contributed by atoms with van der Waals surface area (Å²) in [7, 11) is 0. The predicted molar refractivity (Wildman–Crippen MR) is 125 cm³/mol. The lowest BCUT2D eigenvalue weighted by atomic mass is 9.94. The highest BCUT2D eigenvalue weighted by atomic mass is 16.6. The van der Waals surface area contributed by atoms with Gasteiger partial charge in [0.2, 0.25) is 0 Å². The molecule has 8 nitrogen and oxygen atoms in total. The van der Waals surface area contributed by atoms with Gasteiger partial charge in [-0.05, 0) is 18.1 Å². The van der Waals surface area contributed by atoms with Crippen molar-refractivity contribution in [3.8, 4) is 0 Å². The maximum atomic E-state index is 12.5. The monoisotopic (exact) mass is 464 g/mol. The van der Waals surface area contributed by atoms with Gasteiger partial charge in [0.25, 0.3) is 5.56 Å². The smallest absolute Gasteiger partial charge is 0.330 e. The second kappa shape index (κ2) is 11.2. The normalized spacial score (nSPS) is 22.0. The van der Waals surface area contributed by atoms with E-state index in [1.54, 1.807) is 0 Å². The number of benzene rings is 2. The predicted octanol–water partition coefficient (Wildman–Crippen LogP) is 2.83. The van der Waals surface area contributed by atoms with Crippen LogP contribution in [-0.2, 0) is 32.2 Å². The van der Waals surface area contributed by atoms with E-state index in [-0.39, 0.29) is 18.8 Å². The van der Waals surface area contributed by atoms with Crippen LogP contribution in [0, 0.1) is 5.92 Å². The Morgan fingerprint density at radius 1 is 0.971 bits per heavy atom. The molecule has 0 radical (unpaired) electrons. The van der Waals surface area contributed by atoms with E-state index in [2.05, 4.69) is 4.98 Å². The summed E-state index contributed by atoms with van der Waals surface area (Å²) < 4.78 is 19.8. The van der Waals surface area contributed by atoms with Gasteiger partial charge >= 0.3 is 5.69 Å². The zero-order chi connectivity index (χ0) is 23.9. The molecule has 2 heterocycles. The van der Waals surface area contributed by atoms with Gasteiger partial charge in [0.15, 0.2) is 0 Å². The summed E-state index contributed by atoms with van der Waals surface area (Å²) in [6.45, 7) is 2.44. The second-order valence-corrected chi connectivity index (χ2v) is 8.41. The first kappa shape index (κ1) is 23.8. The second-order valence-electron chi connectivity index (χ2n) is 8.41. The number of rotatable bonds is 10. The van der Waals surface area contributed by atoms with Crippen LogP contribution in [0.4, 0.5) is 0 Å². The van der Waals surface area contributed by atoms with Crippen LogP contribution in [0.1, 0.15) is 30.7 Å². The standard InChI is InChI=1S/C26H28N2O6/c1-18(29)14-21-24(33-16-20-10-6-3-7-11-20)22(17-32-15-19-8-4-2-5-9-19)34-25(21)28-13-12-23(30)27-26(28)31/h2-13,21-22,24-25H,14-17H2,1H3,(H,27,30,31)/t21-,22+,24+,25-/m0/s1. The summed E-state index contributed by atoms with van der Waals surface area (Å²) in [6.07, 6.45) is -0.241. The maximum absolute atomic E-state index is 12.5. The third kappa shape index (κ3) is 5.96. The Kier molecular flexibility index (Phi) is 7.84. The van der Waals surface area contributed by atoms with Gasteiger partial charge in [-0.3, -0.25) is 14.3 Å². The number of H-pyrrole nitrogens is 1. The number of aromatic amines is 1. The summed E-state index contributed by atoms with van der Waals surface area (Å²) in [5.74, 6) is -0.481. The molecule has 3 aromatic rings. The van der Waals surface area contributed by atoms with Crippen LogP contribution in [-0.4, -0.2) is 34.1 Å². The third-order valence-corrected chi connectivity index (χ3v) is 5.80. The summed E-state index contributed by atoms with van der Waals surface area (Å²) in [6, 6.07) is 20.7. The molecule has 2 aromatic carbocycles. The van der Waals surface area contributed by atoms with Crippen molar-refractivity contribution in [1.29, 1.82) is 0 Å². The van der Waals surface area contributed by atoms with Gasteiger partial charge in [0, 0.05) is 24.6 Å². The van der Waals surface area contributed by atoms with Crippen LogP contribution in [0.2, 0.25) is 0 Å². The molecule has 4 rings (SSSR count). The Morgan fingerprint density at radius 3 is 2.24 bits per heavy atom. The van der Waals surface area contributed by atoms with Gasteiger partial charge in [-0.1, -0.05) is 60.7 Å². The molecular weight excluding hydrogens is 436 g/mol. The molecule has 0 saturated carbocycles. The van der Waals surface area contributed by atoms with Crippen molar-refractivity contribution in [2.75, 3.05) is 6.61 Å². The summed E-state index contributed by atoms with van der Waals surface area (Å²) >= 11 is 0. The number of hydrogen-bond donors (Lipinski definition) is 1. The van der Waals surface area contributed by atoms with E-state index >= 15 is 0 Å². The largest absolute Gasteiger partial charge is 0.374 e. The number of nitrogens with one attached hydrogen (secondary N) is 1. The van der Waals surface area contributed by atoms with E-state index in [0.717, 1.165) is 11.1 Å². The zero-order valence-electron chi connectivity index (χ0n) is 19.0. The molecule has 8 heteroatoms. The van der Waals surface area contributed by atoms with Gasteiger partial charge < -0.3 is 19.0 Å². The first-order chi connectivity index (χ1) is 16.5. The van der Waals surface area contributed by atoms with Crippen molar-refractivity contribution < 1.29 is 19.0 Å². The van der Waals surface area contributed by atoms with Crippen molar-refractivity contribution in [2.24, 2.45) is 5.92 Å². The zero-order valence-corrected chi connectivity index (χ0v) is 19.0. The average molecular weight is 465 g/mol. The Morgan fingerprint density at radius 2 is 1.62 bits per heavy atom. The lowest BCUT2D eigenvalue weighted by molar-refractivity contribution is -0.120. The quantitative estimate of drug-likeness (QED) is 0.495. The lowest BCUT2D eigenvalue weighted by Crippen LogP contribution is -2.36. The van der Waals surface area contributed by atoms with Crippen LogP contribution >= 0.6 is 0 Å². The van der Waals surface area contributed by atoms with E-state index in [0.29, 0.717) is 13.2 Å². The third-order valence-electron chi connectivity index (χ3n) is 5.80. The molecule has 1 aromatic heterocycles. The number of aromatic nitrogens is 2. The van der Waals surface area contributed by atoms with E-state index in [1.165, 1.54) is 23.8 Å². The maximum Gasteiger partial charge on any atom is 0.330 e. The van der Waals surface area contributed by atoms with Gasteiger partial charge in [-0.25, -0.2) is 4.79 Å². The van der Waals surface area contributed by atoms with E-state index in [9.17, 15) is 14.4 Å². The molecule has 1 saturated heterocycles. The van der Waals surface area contributed by atoms with Crippen molar-refractivity contribution in [3.63, 3.8) is 0 Å². The number of ether oxygens (including phenoxy) is 3.